The zero-order valence-corrected chi connectivity index (χ0v) is 44.2. The summed E-state index contributed by atoms with van der Waals surface area (Å²) in [5, 5.41) is 0. The van der Waals surface area contributed by atoms with E-state index in [1.807, 2.05) is 0 Å². The van der Waals surface area contributed by atoms with E-state index in [1.54, 1.807) is 0 Å². The van der Waals surface area contributed by atoms with E-state index in [-0.39, 0.29) is 31.1 Å². The van der Waals surface area contributed by atoms with Gasteiger partial charge in [-0.3, -0.25) is 14.4 Å². The summed E-state index contributed by atoms with van der Waals surface area (Å²) in [5.41, 5.74) is 0. The Bertz CT molecular complexity index is 1110. The Morgan fingerprint density at radius 3 is 0.879 bits per heavy atom. The third-order valence-electron chi connectivity index (χ3n) is 12.9. The quantitative estimate of drug-likeness (QED) is 0.0262. The van der Waals surface area contributed by atoms with E-state index in [9.17, 15) is 14.4 Å². The standard InChI is InChI=1S/C60H110O6/c1-4-7-10-13-16-19-22-25-27-29-30-32-33-35-38-41-44-47-50-53-59(62)65-56-57(55-64-58(61)52-49-46-43-40-37-24-21-18-15-12-9-6-3)66-60(63)54-51-48-45-42-39-36-34-31-28-26-23-20-17-14-11-8-5-2/h16,19,25-28,57H,4-15,17-18,20-24,29-56H2,1-3H3/b19-16-,27-25-,28-26-/t57-/m0/s1. The summed E-state index contributed by atoms with van der Waals surface area (Å²) in [5.74, 6) is -0.864. The maximum atomic E-state index is 12.8. The van der Waals surface area contributed by atoms with Gasteiger partial charge in [-0.1, -0.05) is 250 Å². The van der Waals surface area contributed by atoms with E-state index < -0.39 is 6.10 Å². The maximum absolute atomic E-state index is 12.8. The molecule has 0 N–H and O–H groups in total. The van der Waals surface area contributed by atoms with E-state index in [1.165, 1.54) is 205 Å². The van der Waals surface area contributed by atoms with Crippen molar-refractivity contribution in [2.45, 2.75) is 316 Å². The number of esters is 3. The number of unbranched alkanes of at least 4 members (excludes halogenated alkanes) is 36. The van der Waals surface area contributed by atoms with Crippen molar-refractivity contribution in [3.05, 3.63) is 36.5 Å². The van der Waals surface area contributed by atoms with Crippen LogP contribution in [0.15, 0.2) is 36.5 Å². The molecule has 0 fully saturated rings. The second-order valence-electron chi connectivity index (χ2n) is 19.6. The van der Waals surface area contributed by atoms with Crippen molar-refractivity contribution in [2.75, 3.05) is 13.2 Å². The molecular formula is C60H110O6. The zero-order chi connectivity index (χ0) is 47.9. The number of rotatable bonds is 53. The molecule has 0 unspecified atom stereocenters. The Morgan fingerprint density at radius 1 is 0.303 bits per heavy atom. The van der Waals surface area contributed by atoms with Crippen molar-refractivity contribution in [3.8, 4) is 0 Å². The van der Waals surface area contributed by atoms with Gasteiger partial charge in [0.1, 0.15) is 13.2 Å². The number of hydrogen-bond donors (Lipinski definition) is 0. The Labute approximate surface area is 410 Å². The molecule has 0 aliphatic heterocycles. The highest BCUT2D eigenvalue weighted by atomic mass is 16.6. The second-order valence-corrected chi connectivity index (χ2v) is 19.6. The smallest absolute Gasteiger partial charge is 0.306 e. The van der Waals surface area contributed by atoms with Crippen molar-refractivity contribution in [2.24, 2.45) is 0 Å². The van der Waals surface area contributed by atoms with Crippen LogP contribution in [0.2, 0.25) is 0 Å². The molecule has 6 heteroatoms. The average molecular weight is 928 g/mol. The predicted molar refractivity (Wildman–Crippen MR) is 284 cm³/mol. The average Bonchev–Trinajstić information content (AvgIpc) is 3.31. The summed E-state index contributed by atoms with van der Waals surface area (Å²) in [6.45, 7) is 6.64. The minimum absolute atomic E-state index is 0.0715. The zero-order valence-electron chi connectivity index (χ0n) is 44.2. The van der Waals surface area contributed by atoms with Crippen molar-refractivity contribution < 1.29 is 28.6 Å². The van der Waals surface area contributed by atoms with Gasteiger partial charge < -0.3 is 14.2 Å². The summed E-state index contributed by atoms with van der Waals surface area (Å²) in [6, 6.07) is 0. The van der Waals surface area contributed by atoms with Crippen molar-refractivity contribution in [1.29, 1.82) is 0 Å². The molecule has 0 aromatic heterocycles. The highest BCUT2D eigenvalue weighted by Crippen LogP contribution is 2.16. The van der Waals surface area contributed by atoms with Gasteiger partial charge in [-0.2, -0.15) is 0 Å². The van der Waals surface area contributed by atoms with E-state index in [0.717, 1.165) is 64.2 Å². The van der Waals surface area contributed by atoms with Crippen LogP contribution >= 0.6 is 0 Å². The fraction of sp³-hybridized carbons (Fsp3) is 0.850. The summed E-state index contributed by atoms with van der Waals surface area (Å²) in [7, 11) is 0. The van der Waals surface area contributed by atoms with Crippen LogP contribution in [0.1, 0.15) is 310 Å². The molecule has 0 radical (unpaired) electrons. The Balaban J connectivity index is 4.32. The van der Waals surface area contributed by atoms with Crippen LogP contribution in [0, 0.1) is 0 Å². The Hall–Kier alpha value is -2.37. The van der Waals surface area contributed by atoms with Crippen molar-refractivity contribution in [3.63, 3.8) is 0 Å². The van der Waals surface area contributed by atoms with Crippen LogP contribution in [0.3, 0.4) is 0 Å². The minimum atomic E-state index is -0.773. The highest BCUT2D eigenvalue weighted by Gasteiger charge is 2.19. The van der Waals surface area contributed by atoms with Crippen LogP contribution in [0.4, 0.5) is 0 Å². The van der Waals surface area contributed by atoms with E-state index in [2.05, 4.69) is 57.2 Å². The summed E-state index contributed by atoms with van der Waals surface area (Å²) < 4.78 is 16.9. The molecule has 6 nitrogen and oxygen atoms in total. The monoisotopic (exact) mass is 927 g/mol. The molecule has 0 aromatic rings. The summed E-state index contributed by atoms with van der Waals surface area (Å²) in [4.78, 5) is 38.1. The fourth-order valence-corrected chi connectivity index (χ4v) is 8.47. The summed E-state index contributed by atoms with van der Waals surface area (Å²) >= 11 is 0. The Kier molecular flexibility index (Phi) is 53.2. The predicted octanol–water partition coefficient (Wildman–Crippen LogP) is 19.3. The first-order chi connectivity index (χ1) is 32.5. The molecule has 0 heterocycles. The molecular weight excluding hydrogens is 817 g/mol. The van der Waals surface area contributed by atoms with Crippen LogP contribution in [-0.4, -0.2) is 37.2 Å². The van der Waals surface area contributed by atoms with Gasteiger partial charge in [0, 0.05) is 19.3 Å². The first kappa shape index (κ1) is 63.6. The molecule has 0 aromatic carbocycles. The number of hydrogen-bond acceptors (Lipinski definition) is 6. The summed E-state index contributed by atoms with van der Waals surface area (Å²) in [6.07, 6.45) is 65.6. The normalized spacial score (nSPS) is 12.2. The first-order valence-electron chi connectivity index (χ1n) is 29.0. The molecule has 0 amide bonds. The minimum Gasteiger partial charge on any atom is -0.462 e. The van der Waals surface area contributed by atoms with Gasteiger partial charge >= 0.3 is 17.9 Å². The molecule has 66 heavy (non-hydrogen) atoms. The second kappa shape index (κ2) is 55.2. The van der Waals surface area contributed by atoms with E-state index >= 15 is 0 Å². The molecule has 0 saturated heterocycles. The number of carbonyl (C=O) groups excluding carboxylic acids is 3. The van der Waals surface area contributed by atoms with Crippen LogP contribution < -0.4 is 0 Å². The first-order valence-corrected chi connectivity index (χ1v) is 29.0. The molecule has 0 aliphatic rings. The van der Waals surface area contributed by atoms with Crippen molar-refractivity contribution >= 4 is 17.9 Å². The molecule has 386 valence electrons. The lowest BCUT2D eigenvalue weighted by molar-refractivity contribution is -0.167. The topological polar surface area (TPSA) is 78.9 Å². The molecule has 0 rings (SSSR count). The fourth-order valence-electron chi connectivity index (χ4n) is 8.47. The van der Waals surface area contributed by atoms with Gasteiger partial charge in [-0.25, -0.2) is 0 Å². The Morgan fingerprint density at radius 2 is 0.545 bits per heavy atom. The van der Waals surface area contributed by atoms with E-state index in [0.29, 0.717) is 19.3 Å². The van der Waals surface area contributed by atoms with E-state index in [4.69, 9.17) is 14.2 Å². The van der Waals surface area contributed by atoms with Crippen LogP contribution in [0.5, 0.6) is 0 Å². The van der Waals surface area contributed by atoms with Gasteiger partial charge in [0.25, 0.3) is 0 Å². The van der Waals surface area contributed by atoms with Gasteiger partial charge in [-0.05, 0) is 77.0 Å². The lowest BCUT2D eigenvalue weighted by atomic mass is 10.0. The number of carbonyl (C=O) groups is 3. The lowest BCUT2D eigenvalue weighted by Crippen LogP contribution is -2.30. The highest BCUT2D eigenvalue weighted by molar-refractivity contribution is 5.71. The van der Waals surface area contributed by atoms with Gasteiger partial charge in [0.05, 0.1) is 0 Å². The molecule has 0 spiro atoms. The van der Waals surface area contributed by atoms with Gasteiger partial charge in [0.15, 0.2) is 6.10 Å². The number of allylic oxidation sites excluding steroid dienone is 6. The lowest BCUT2D eigenvalue weighted by Gasteiger charge is -2.18. The van der Waals surface area contributed by atoms with Crippen molar-refractivity contribution in [1.82, 2.24) is 0 Å². The molecule has 0 aliphatic carbocycles. The molecule has 1 atom stereocenters. The third-order valence-corrected chi connectivity index (χ3v) is 12.9. The number of ether oxygens (including phenoxy) is 3. The van der Waals surface area contributed by atoms with Gasteiger partial charge in [0.2, 0.25) is 0 Å². The van der Waals surface area contributed by atoms with Crippen LogP contribution in [0.25, 0.3) is 0 Å². The molecule has 0 saturated carbocycles. The SMILES string of the molecule is CCCCC/C=C\C/C=C\CCCCCCCCCCCC(=O)OC[C@H](COC(=O)CCCCCCCCCCCCCC)OC(=O)CCCCCCCCC/C=C\CCCCCCCC. The third kappa shape index (κ3) is 52.6. The molecule has 0 bridgehead atoms. The maximum Gasteiger partial charge on any atom is 0.306 e. The van der Waals surface area contributed by atoms with Crippen LogP contribution in [-0.2, 0) is 28.6 Å². The van der Waals surface area contributed by atoms with Gasteiger partial charge in [-0.15, -0.1) is 0 Å². The largest absolute Gasteiger partial charge is 0.462 e.